The molecule has 1 heterocycles. The predicted molar refractivity (Wildman–Crippen MR) is 68.5 cm³/mol. The molecular weight excluding hydrogens is 255 g/mol. The van der Waals surface area contributed by atoms with Gasteiger partial charge >= 0.3 is 0 Å². The van der Waals surface area contributed by atoms with Gasteiger partial charge in [-0.05, 0) is 44.1 Å². The molecule has 6 heteroatoms. The first-order valence-corrected chi connectivity index (χ1v) is 7.64. The van der Waals surface area contributed by atoms with E-state index in [-0.39, 0.29) is 16.3 Å². The van der Waals surface area contributed by atoms with E-state index in [1.54, 1.807) is 0 Å². The molecule has 2 rings (SSSR count). The number of rotatable bonds is 4. The maximum Gasteiger partial charge on any atom is 0.181 e. The van der Waals surface area contributed by atoms with E-state index in [0.717, 1.165) is 38.1 Å². The lowest BCUT2D eigenvalue weighted by atomic mass is 10.3. The second-order valence-electron chi connectivity index (χ2n) is 4.55. The quantitative estimate of drug-likeness (QED) is 0.839. The van der Waals surface area contributed by atoms with Crippen LogP contribution in [0.15, 0.2) is 23.1 Å². The average molecular weight is 272 g/mol. The van der Waals surface area contributed by atoms with E-state index in [4.69, 9.17) is 5.73 Å². The summed E-state index contributed by atoms with van der Waals surface area (Å²) in [6.45, 7) is 2.36. The molecule has 18 heavy (non-hydrogen) atoms. The summed E-state index contributed by atoms with van der Waals surface area (Å²) >= 11 is 0. The van der Waals surface area contributed by atoms with E-state index in [9.17, 15) is 12.8 Å². The Morgan fingerprint density at radius 2 is 1.94 bits per heavy atom. The van der Waals surface area contributed by atoms with E-state index < -0.39 is 15.7 Å². The Kier molecular flexibility index (Phi) is 3.87. The summed E-state index contributed by atoms with van der Waals surface area (Å²) in [6, 6.07) is 3.45. The van der Waals surface area contributed by atoms with Crippen LogP contribution in [0.3, 0.4) is 0 Å². The van der Waals surface area contributed by atoms with Crippen molar-refractivity contribution in [3.8, 4) is 0 Å². The zero-order valence-electron chi connectivity index (χ0n) is 10.1. The summed E-state index contributed by atoms with van der Waals surface area (Å²) in [7, 11) is -3.51. The number of hydrogen-bond acceptors (Lipinski definition) is 4. The fourth-order valence-corrected chi connectivity index (χ4v) is 3.58. The number of halogens is 1. The van der Waals surface area contributed by atoms with Gasteiger partial charge in [0.25, 0.3) is 0 Å². The fourth-order valence-electron chi connectivity index (χ4n) is 2.14. The SMILES string of the molecule is Nc1ccc(F)cc1S(=O)(=O)CCN1CCCC1. The van der Waals surface area contributed by atoms with Gasteiger partial charge in [0.05, 0.1) is 16.3 Å². The fraction of sp³-hybridized carbons (Fsp3) is 0.500. The van der Waals surface area contributed by atoms with Crippen molar-refractivity contribution < 1.29 is 12.8 Å². The van der Waals surface area contributed by atoms with Gasteiger partial charge in [-0.25, -0.2) is 12.8 Å². The molecule has 1 aliphatic heterocycles. The summed E-state index contributed by atoms with van der Waals surface area (Å²) < 4.78 is 37.3. The Labute approximate surface area is 107 Å². The molecule has 0 bridgehead atoms. The van der Waals surface area contributed by atoms with Crippen molar-refractivity contribution in [3.05, 3.63) is 24.0 Å². The van der Waals surface area contributed by atoms with Crippen LogP contribution in [-0.4, -0.2) is 38.7 Å². The highest BCUT2D eigenvalue weighted by Crippen LogP contribution is 2.21. The molecular formula is C12H17FN2O2S. The standard InChI is InChI=1S/C12H17FN2O2S/c13-10-3-4-11(14)12(9-10)18(16,17)8-7-15-5-1-2-6-15/h3-4,9H,1-2,5-8,14H2. The van der Waals surface area contributed by atoms with Gasteiger partial charge in [-0.1, -0.05) is 0 Å². The monoisotopic (exact) mass is 272 g/mol. The van der Waals surface area contributed by atoms with Gasteiger partial charge in [0.15, 0.2) is 9.84 Å². The molecule has 0 spiro atoms. The third kappa shape index (κ3) is 3.00. The van der Waals surface area contributed by atoms with Crippen LogP contribution in [-0.2, 0) is 9.84 Å². The summed E-state index contributed by atoms with van der Waals surface area (Å²) in [4.78, 5) is 2.01. The molecule has 0 amide bonds. The number of likely N-dealkylation sites (tertiary alicyclic amines) is 1. The number of sulfone groups is 1. The Morgan fingerprint density at radius 3 is 2.61 bits per heavy atom. The van der Waals surface area contributed by atoms with E-state index in [1.807, 2.05) is 0 Å². The highest BCUT2D eigenvalue weighted by molar-refractivity contribution is 7.91. The summed E-state index contributed by atoms with van der Waals surface area (Å²) in [5, 5.41) is 0. The van der Waals surface area contributed by atoms with E-state index in [1.165, 1.54) is 6.07 Å². The molecule has 0 radical (unpaired) electrons. The van der Waals surface area contributed by atoms with E-state index in [2.05, 4.69) is 4.90 Å². The zero-order valence-corrected chi connectivity index (χ0v) is 10.9. The maximum absolute atomic E-state index is 13.1. The van der Waals surface area contributed by atoms with Crippen LogP contribution < -0.4 is 5.73 Å². The van der Waals surface area contributed by atoms with Crippen molar-refractivity contribution in [1.82, 2.24) is 4.90 Å². The molecule has 4 nitrogen and oxygen atoms in total. The van der Waals surface area contributed by atoms with Crippen molar-refractivity contribution in [2.24, 2.45) is 0 Å². The molecule has 0 aliphatic carbocycles. The molecule has 0 unspecified atom stereocenters. The first-order chi connectivity index (χ1) is 8.49. The largest absolute Gasteiger partial charge is 0.398 e. The second-order valence-corrected chi connectivity index (χ2v) is 6.63. The Balaban J connectivity index is 2.12. The average Bonchev–Trinajstić information content (AvgIpc) is 2.83. The minimum Gasteiger partial charge on any atom is -0.398 e. The summed E-state index contributed by atoms with van der Waals surface area (Å²) in [5.74, 6) is -0.593. The molecule has 1 aromatic rings. The van der Waals surface area contributed by atoms with Gasteiger partial charge in [-0.2, -0.15) is 0 Å². The minimum atomic E-state index is -3.51. The summed E-state index contributed by atoms with van der Waals surface area (Å²) in [6.07, 6.45) is 2.23. The molecule has 1 aromatic carbocycles. The van der Waals surface area contributed by atoms with Gasteiger partial charge in [-0.3, -0.25) is 0 Å². The van der Waals surface area contributed by atoms with Gasteiger partial charge in [0.1, 0.15) is 5.82 Å². The molecule has 1 fully saturated rings. The van der Waals surface area contributed by atoms with Gasteiger partial charge in [0, 0.05) is 6.54 Å². The predicted octanol–water partition coefficient (Wildman–Crippen LogP) is 1.28. The number of nitrogens with two attached hydrogens (primary N) is 1. The van der Waals surface area contributed by atoms with Crippen molar-refractivity contribution in [1.29, 1.82) is 0 Å². The molecule has 0 saturated carbocycles. The number of benzene rings is 1. The van der Waals surface area contributed by atoms with E-state index in [0.29, 0.717) is 6.54 Å². The lowest BCUT2D eigenvalue weighted by molar-refractivity contribution is 0.359. The van der Waals surface area contributed by atoms with Crippen LogP contribution in [0.5, 0.6) is 0 Å². The topological polar surface area (TPSA) is 63.4 Å². The third-order valence-electron chi connectivity index (χ3n) is 3.19. The molecule has 1 aliphatic rings. The van der Waals surface area contributed by atoms with Crippen LogP contribution >= 0.6 is 0 Å². The molecule has 100 valence electrons. The Bertz CT molecular complexity index is 525. The Morgan fingerprint density at radius 1 is 1.28 bits per heavy atom. The van der Waals surface area contributed by atoms with Crippen LogP contribution in [0.2, 0.25) is 0 Å². The summed E-state index contributed by atoms with van der Waals surface area (Å²) in [5.41, 5.74) is 5.71. The molecule has 0 atom stereocenters. The smallest absolute Gasteiger partial charge is 0.181 e. The number of anilines is 1. The lowest BCUT2D eigenvalue weighted by Crippen LogP contribution is -2.26. The lowest BCUT2D eigenvalue weighted by Gasteiger charge is -2.15. The van der Waals surface area contributed by atoms with Crippen LogP contribution in [0, 0.1) is 5.82 Å². The van der Waals surface area contributed by atoms with Gasteiger partial charge < -0.3 is 10.6 Å². The Hall–Kier alpha value is -1.14. The molecule has 0 aromatic heterocycles. The highest BCUT2D eigenvalue weighted by atomic mass is 32.2. The van der Waals surface area contributed by atoms with Crippen molar-refractivity contribution >= 4 is 15.5 Å². The van der Waals surface area contributed by atoms with Gasteiger partial charge in [-0.15, -0.1) is 0 Å². The van der Waals surface area contributed by atoms with Crippen molar-refractivity contribution in [3.63, 3.8) is 0 Å². The maximum atomic E-state index is 13.1. The number of hydrogen-bond donors (Lipinski definition) is 1. The van der Waals surface area contributed by atoms with Crippen LogP contribution in [0.25, 0.3) is 0 Å². The minimum absolute atomic E-state index is 0.0132. The number of nitrogen functional groups attached to an aromatic ring is 1. The van der Waals surface area contributed by atoms with Crippen molar-refractivity contribution in [2.75, 3.05) is 31.1 Å². The van der Waals surface area contributed by atoms with Gasteiger partial charge in [0.2, 0.25) is 0 Å². The van der Waals surface area contributed by atoms with E-state index >= 15 is 0 Å². The van der Waals surface area contributed by atoms with Crippen LogP contribution in [0.4, 0.5) is 10.1 Å². The van der Waals surface area contributed by atoms with Crippen molar-refractivity contribution in [2.45, 2.75) is 17.7 Å². The second kappa shape index (κ2) is 5.24. The molecule has 2 N–H and O–H groups in total. The highest BCUT2D eigenvalue weighted by Gasteiger charge is 2.21. The normalized spacial score (nSPS) is 17.2. The number of nitrogens with zero attached hydrogens (tertiary/aromatic N) is 1. The molecule has 1 saturated heterocycles. The first kappa shape index (κ1) is 13.3. The zero-order chi connectivity index (χ0) is 13.2. The third-order valence-corrected chi connectivity index (χ3v) is 4.93. The first-order valence-electron chi connectivity index (χ1n) is 5.99. The van der Waals surface area contributed by atoms with Crippen LogP contribution in [0.1, 0.15) is 12.8 Å².